The third-order valence-electron chi connectivity index (χ3n) is 2.89. The number of nitrogens with zero attached hydrogens (tertiary/aromatic N) is 1. The zero-order valence-corrected chi connectivity index (χ0v) is 20.8. The predicted octanol–water partition coefficient (Wildman–Crippen LogP) is 3.99. The van der Waals surface area contributed by atoms with Crippen molar-refractivity contribution < 1.29 is 16.8 Å². The van der Waals surface area contributed by atoms with Crippen LogP contribution in [0.1, 0.15) is 6.42 Å². The van der Waals surface area contributed by atoms with Gasteiger partial charge in [-0.25, -0.2) is 0 Å². The quantitative estimate of drug-likeness (QED) is 0.423. The van der Waals surface area contributed by atoms with Gasteiger partial charge in [0.15, 0.2) is 17.4 Å². The molecule has 0 aromatic carbocycles. The number of rotatable bonds is 10. The largest absolute Gasteiger partial charge is 0.437 e. The highest BCUT2D eigenvalue weighted by Gasteiger charge is 2.42. The van der Waals surface area contributed by atoms with Gasteiger partial charge >= 0.3 is 17.1 Å². The van der Waals surface area contributed by atoms with Gasteiger partial charge in [0.1, 0.15) is 0 Å². The lowest BCUT2D eigenvalue weighted by Crippen LogP contribution is -2.55. The van der Waals surface area contributed by atoms with Gasteiger partial charge in [0, 0.05) is 0 Å². The molecule has 1 radical (unpaired) electrons. The smallest absolute Gasteiger partial charge is 0.316 e. The van der Waals surface area contributed by atoms with Crippen molar-refractivity contribution in [2.24, 2.45) is 0 Å². The number of quaternary nitrogens is 1. The predicted molar refractivity (Wildman–Crippen MR) is 106 cm³/mol. The molecule has 1 atom stereocenters. The molecular formula is C14H39NO3Si4+. The molecule has 0 fully saturated rings. The van der Waals surface area contributed by atoms with Gasteiger partial charge in [-0.05, 0) is 64.8 Å². The molecule has 0 bridgehead atoms. The van der Waals surface area contributed by atoms with Crippen molar-refractivity contribution in [3.8, 4) is 0 Å². The van der Waals surface area contributed by atoms with Gasteiger partial charge in [-0.3, -0.25) is 0 Å². The van der Waals surface area contributed by atoms with Crippen LogP contribution < -0.4 is 0 Å². The molecule has 0 aromatic rings. The number of hydrogen-bond donors (Lipinski definition) is 0. The van der Waals surface area contributed by atoms with Crippen molar-refractivity contribution in [2.45, 2.75) is 64.8 Å². The van der Waals surface area contributed by atoms with Gasteiger partial charge in [-0.1, -0.05) is 0 Å². The molecule has 0 aliphatic heterocycles. The summed E-state index contributed by atoms with van der Waals surface area (Å²) in [5, 5.41) is 0. The molecule has 133 valence electrons. The van der Waals surface area contributed by atoms with E-state index in [1.807, 2.05) is 0 Å². The van der Waals surface area contributed by atoms with Crippen molar-refractivity contribution in [1.29, 1.82) is 0 Å². The summed E-state index contributed by atoms with van der Waals surface area (Å²) in [6.45, 7) is 18.9. The molecule has 0 saturated carbocycles. The Balaban J connectivity index is 4.87. The lowest BCUT2D eigenvalue weighted by molar-refractivity contribution is -0.870. The van der Waals surface area contributed by atoms with Crippen molar-refractivity contribution in [3.63, 3.8) is 0 Å². The molecule has 0 spiro atoms. The van der Waals surface area contributed by atoms with E-state index in [2.05, 4.69) is 73.5 Å². The van der Waals surface area contributed by atoms with Crippen LogP contribution in [0.2, 0.25) is 58.4 Å². The summed E-state index contributed by atoms with van der Waals surface area (Å²) in [6, 6.07) is 1.06. The minimum atomic E-state index is -2.15. The fraction of sp³-hybridized carbons (Fsp3) is 1.00. The Bertz CT molecular complexity index is 340. The van der Waals surface area contributed by atoms with E-state index in [0.29, 0.717) is 0 Å². The van der Waals surface area contributed by atoms with E-state index < -0.39 is 34.5 Å². The van der Waals surface area contributed by atoms with E-state index in [0.717, 1.165) is 23.5 Å². The lowest BCUT2D eigenvalue weighted by atomic mass is 10.4. The Labute approximate surface area is 144 Å². The van der Waals surface area contributed by atoms with Crippen LogP contribution in [0.5, 0.6) is 0 Å². The molecule has 0 amide bonds. The van der Waals surface area contributed by atoms with Crippen LogP contribution in [0.3, 0.4) is 0 Å². The monoisotopic (exact) mass is 381 g/mol. The van der Waals surface area contributed by atoms with E-state index in [4.69, 9.17) is 12.3 Å². The fourth-order valence-electron chi connectivity index (χ4n) is 2.71. The summed E-state index contributed by atoms with van der Waals surface area (Å²) in [4.78, 5) is 0. The van der Waals surface area contributed by atoms with Gasteiger partial charge in [0.25, 0.3) is 0 Å². The van der Waals surface area contributed by atoms with Crippen molar-refractivity contribution in [2.75, 3.05) is 27.7 Å². The highest BCUT2D eigenvalue weighted by molar-refractivity contribution is 6.87. The second kappa shape index (κ2) is 8.19. The minimum absolute atomic E-state index is 0.761. The topological polar surface area (TPSA) is 27.7 Å². The summed E-state index contributed by atoms with van der Waals surface area (Å²) >= 11 is 0. The molecule has 0 saturated heterocycles. The van der Waals surface area contributed by atoms with E-state index in [9.17, 15) is 0 Å². The van der Waals surface area contributed by atoms with Crippen LogP contribution >= 0.6 is 0 Å². The Kier molecular flexibility index (Phi) is 8.46. The van der Waals surface area contributed by atoms with Crippen LogP contribution in [0.15, 0.2) is 0 Å². The van der Waals surface area contributed by atoms with Gasteiger partial charge < -0.3 is 16.8 Å². The molecule has 0 N–H and O–H groups in total. The molecular weight excluding hydrogens is 343 g/mol. The van der Waals surface area contributed by atoms with Crippen molar-refractivity contribution in [3.05, 3.63) is 0 Å². The Morgan fingerprint density at radius 2 is 1.36 bits per heavy atom. The van der Waals surface area contributed by atoms with Gasteiger partial charge in [-0.15, -0.1) is 0 Å². The summed E-state index contributed by atoms with van der Waals surface area (Å²) < 4.78 is 20.4. The third-order valence-corrected chi connectivity index (χ3v) is 15.6. The Morgan fingerprint density at radius 3 is 1.73 bits per heavy atom. The van der Waals surface area contributed by atoms with Crippen LogP contribution in [0.4, 0.5) is 0 Å². The van der Waals surface area contributed by atoms with Crippen LogP contribution in [-0.2, 0) is 12.3 Å². The Morgan fingerprint density at radius 1 is 0.864 bits per heavy atom. The van der Waals surface area contributed by atoms with Crippen molar-refractivity contribution in [1.82, 2.24) is 0 Å². The number of hydrogen-bond acceptors (Lipinski definition) is 3. The minimum Gasteiger partial charge on any atom is -0.437 e. The summed E-state index contributed by atoms with van der Waals surface area (Å²) in [6.07, 6.45) is 1.15. The maximum atomic E-state index is 6.61. The van der Waals surface area contributed by atoms with Gasteiger partial charge in [0.2, 0.25) is 0 Å². The van der Waals surface area contributed by atoms with E-state index >= 15 is 0 Å². The summed E-state index contributed by atoms with van der Waals surface area (Å²) in [5.41, 5.74) is 0. The zero-order valence-electron chi connectivity index (χ0n) is 16.8. The lowest BCUT2D eigenvalue weighted by Gasteiger charge is -2.39. The maximum Gasteiger partial charge on any atom is 0.316 e. The highest BCUT2D eigenvalue weighted by atomic mass is 28.5. The first kappa shape index (κ1) is 22.7. The summed E-state index contributed by atoms with van der Waals surface area (Å²) in [5.74, 6) is 0. The van der Waals surface area contributed by atoms with Crippen LogP contribution in [0, 0.1) is 0 Å². The third kappa shape index (κ3) is 12.2. The van der Waals surface area contributed by atoms with Crippen LogP contribution in [0.25, 0.3) is 0 Å². The normalized spacial score (nSPS) is 16.9. The zero-order chi connectivity index (χ0) is 17.8. The molecule has 22 heavy (non-hydrogen) atoms. The molecule has 8 heteroatoms. The maximum absolute atomic E-state index is 6.61. The van der Waals surface area contributed by atoms with E-state index in [1.165, 1.54) is 0 Å². The van der Waals surface area contributed by atoms with E-state index in [1.54, 1.807) is 0 Å². The first-order valence-electron chi connectivity index (χ1n) is 8.24. The van der Waals surface area contributed by atoms with Crippen molar-refractivity contribution >= 4 is 34.5 Å². The first-order chi connectivity index (χ1) is 9.54. The SMILES string of the molecule is C[Si](C)O[Si](C)(CCC[N+](C)(C)C)O[Si](C)(C)O[Si](C)(C)C. The van der Waals surface area contributed by atoms with Gasteiger partial charge in [0.05, 0.1) is 27.7 Å². The molecule has 1 unspecified atom stereocenters. The average Bonchev–Trinajstić information content (AvgIpc) is 2.06. The summed E-state index contributed by atoms with van der Waals surface area (Å²) in [7, 11) is 0.0890. The highest BCUT2D eigenvalue weighted by Crippen LogP contribution is 2.25. The molecule has 0 aliphatic rings. The average molecular weight is 382 g/mol. The fourth-order valence-corrected chi connectivity index (χ4v) is 18.9. The molecule has 0 aromatic heterocycles. The standard InChI is InChI=1S/C14H39NO3Si4/c1-15(2,3)13-12-14-22(11,16-19(4)5)18-21(9,10)17-20(6,7)8/h12-14H2,1-11H3/q+1. The van der Waals surface area contributed by atoms with Crippen LogP contribution in [-0.4, -0.2) is 66.7 Å². The molecule has 0 heterocycles. The first-order valence-corrected chi connectivity index (χ1v) is 19.4. The Hall–Kier alpha value is 0.708. The second-order valence-electron chi connectivity index (χ2n) is 8.98. The van der Waals surface area contributed by atoms with E-state index in [-0.39, 0.29) is 0 Å². The molecule has 0 aliphatic carbocycles. The molecule has 4 nitrogen and oxygen atoms in total. The second-order valence-corrected chi connectivity index (χ2v) is 23.0. The molecule has 0 rings (SSSR count). The van der Waals surface area contributed by atoms with Gasteiger partial charge in [-0.2, -0.15) is 0 Å².